The molecular weight excluding hydrogens is 206 g/mol. The second-order valence-corrected chi connectivity index (χ2v) is 5.33. The van der Waals surface area contributed by atoms with E-state index in [0.717, 1.165) is 30.9 Å². The van der Waals surface area contributed by atoms with E-state index in [0.29, 0.717) is 5.92 Å². The van der Waals surface area contributed by atoms with Crippen LogP contribution in [0.25, 0.3) is 0 Å². The van der Waals surface area contributed by atoms with Crippen LogP contribution in [0.15, 0.2) is 0 Å². The van der Waals surface area contributed by atoms with E-state index in [9.17, 15) is 0 Å². The Hall–Kier alpha value is -0.480. The first-order chi connectivity index (χ1) is 7.22. The molecule has 0 fully saturated rings. The molecule has 4 heteroatoms. The second kappa shape index (κ2) is 6.90. The van der Waals surface area contributed by atoms with Gasteiger partial charge in [0.25, 0.3) is 0 Å². The maximum Gasteiger partial charge on any atom is 0.118 e. The molecule has 1 aromatic rings. The fourth-order valence-electron chi connectivity index (χ4n) is 1.32. The molecule has 3 nitrogen and oxygen atoms in total. The van der Waals surface area contributed by atoms with E-state index in [1.807, 2.05) is 0 Å². The van der Waals surface area contributed by atoms with E-state index in [4.69, 9.17) is 0 Å². The number of hydrogen-bond acceptors (Lipinski definition) is 4. The third-order valence-electron chi connectivity index (χ3n) is 2.03. The Balaban J connectivity index is 2.26. The van der Waals surface area contributed by atoms with Crippen LogP contribution in [0, 0.1) is 5.92 Å². The molecule has 0 atom stereocenters. The Morgan fingerprint density at radius 3 is 2.60 bits per heavy atom. The lowest BCUT2D eigenvalue weighted by molar-refractivity contribution is 0.638. The summed E-state index contributed by atoms with van der Waals surface area (Å²) in [6.45, 7) is 8.72. The summed E-state index contributed by atoms with van der Waals surface area (Å²) in [5.41, 5.74) is 0. The molecule has 15 heavy (non-hydrogen) atoms. The van der Waals surface area contributed by atoms with E-state index in [2.05, 4.69) is 36.3 Å². The fraction of sp³-hybridized carbons (Fsp3) is 0.818. The normalized spacial score (nSPS) is 11.2. The molecule has 0 saturated heterocycles. The topological polar surface area (TPSA) is 37.8 Å². The highest BCUT2D eigenvalue weighted by Crippen LogP contribution is 2.14. The molecule has 1 N–H and O–H groups in total. The molecule has 1 rings (SSSR count). The Kier molecular flexibility index (Phi) is 5.79. The lowest BCUT2D eigenvalue weighted by Crippen LogP contribution is -2.17. The Bertz CT molecular complexity index is 271. The van der Waals surface area contributed by atoms with Crippen molar-refractivity contribution in [3.05, 3.63) is 10.0 Å². The van der Waals surface area contributed by atoms with Crippen molar-refractivity contribution in [1.29, 1.82) is 0 Å². The smallest absolute Gasteiger partial charge is 0.118 e. The van der Waals surface area contributed by atoms with Crippen LogP contribution in [-0.4, -0.2) is 23.3 Å². The summed E-state index contributed by atoms with van der Waals surface area (Å²) in [5.74, 6) is 0.670. The minimum absolute atomic E-state index is 0.670. The zero-order chi connectivity index (χ0) is 11.1. The van der Waals surface area contributed by atoms with Crippen molar-refractivity contribution in [3.63, 3.8) is 0 Å². The summed E-state index contributed by atoms with van der Waals surface area (Å²) < 4.78 is 0. The van der Waals surface area contributed by atoms with Crippen LogP contribution < -0.4 is 5.32 Å². The summed E-state index contributed by atoms with van der Waals surface area (Å²) in [5, 5.41) is 14.1. The third kappa shape index (κ3) is 5.23. The standard InChI is InChI=1S/C11H21N3S/c1-4-6-12-7-5-10-13-14-11(15-10)8-9(2)3/h9,12H,4-8H2,1-3H3. The minimum atomic E-state index is 0.670. The van der Waals surface area contributed by atoms with Gasteiger partial charge in [0.15, 0.2) is 0 Å². The van der Waals surface area contributed by atoms with E-state index in [-0.39, 0.29) is 0 Å². The van der Waals surface area contributed by atoms with Crippen LogP contribution in [0.1, 0.15) is 37.2 Å². The largest absolute Gasteiger partial charge is 0.316 e. The molecule has 0 aliphatic heterocycles. The monoisotopic (exact) mass is 227 g/mol. The summed E-state index contributed by atoms with van der Waals surface area (Å²) >= 11 is 1.76. The average Bonchev–Trinajstić information content (AvgIpc) is 2.59. The van der Waals surface area contributed by atoms with Gasteiger partial charge in [-0.2, -0.15) is 0 Å². The van der Waals surface area contributed by atoms with Gasteiger partial charge in [-0.15, -0.1) is 21.5 Å². The van der Waals surface area contributed by atoms with E-state index in [1.54, 1.807) is 11.3 Å². The maximum atomic E-state index is 4.20. The highest BCUT2D eigenvalue weighted by atomic mass is 32.1. The zero-order valence-electron chi connectivity index (χ0n) is 9.92. The predicted octanol–water partition coefficient (Wildman–Crippen LogP) is 2.28. The quantitative estimate of drug-likeness (QED) is 0.726. The Morgan fingerprint density at radius 1 is 1.20 bits per heavy atom. The van der Waals surface area contributed by atoms with Crippen LogP contribution in [0.2, 0.25) is 0 Å². The Labute approximate surface area is 96.3 Å². The van der Waals surface area contributed by atoms with Gasteiger partial charge in [0.2, 0.25) is 0 Å². The van der Waals surface area contributed by atoms with Gasteiger partial charge in [-0.25, -0.2) is 0 Å². The van der Waals surface area contributed by atoms with Crippen molar-refractivity contribution in [3.8, 4) is 0 Å². The highest BCUT2D eigenvalue weighted by Gasteiger charge is 2.05. The van der Waals surface area contributed by atoms with Gasteiger partial charge in [-0.3, -0.25) is 0 Å². The van der Waals surface area contributed by atoms with Gasteiger partial charge in [-0.05, 0) is 18.9 Å². The molecule has 0 saturated carbocycles. The maximum absolute atomic E-state index is 4.20. The number of aromatic nitrogens is 2. The second-order valence-electron chi connectivity index (χ2n) is 4.19. The van der Waals surface area contributed by atoms with Crippen molar-refractivity contribution in [2.75, 3.05) is 13.1 Å². The summed E-state index contributed by atoms with van der Waals surface area (Å²) in [7, 11) is 0. The van der Waals surface area contributed by atoms with E-state index in [1.165, 1.54) is 11.4 Å². The van der Waals surface area contributed by atoms with Crippen LogP contribution in [0.4, 0.5) is 0 Å². The number of hydrogen-bond donors (Lipinski definition) is 1. The fourth-order valence-corrected chi connectivity index (χ4v) is 2.37. The van der Waals surface area contributed by atoms with Gasteiger partial charge >= 0.3 is 0 Å². The van der Waals surface area contributed by atoms with Gasteiger partial charge in [0.1, 0.15) is 10.0 Å². The zero-order valence-corrected chi connectivity index (χ0v) is 10.7. The number of nitrogens with one attached hydrogen (secondary N) is 1. The molecular formula is C11H21N3S. The molecule has 1 aromatic heterocycles. The first-order valence-electron chi connectivity index (χ1n) is 5.74. The summed E-state index contributed by atoms with van der Waals surface area (Å²) in [6.07, 6.45) is 3.25. The predicted molar refractivity (Wildman–Crippen MR) is 65.3 cm³/mol. The van der Waals surface area contributed by atoms with E-state index < -0.39 is 0 Å². The molecule has 1 heterocycles. The number of nitrogens with zero attached hydrogens (tertiary/aromatic N) is 2. The van der Waals surface area contributed by atoms with Gasteiger partial charge in [-0.1, -0.05) is 20.8 Å². The highest BCUT2D eigenvalue weighted by molar-refractivity contribution is 7.11. The van der Waals surface area contributed by atoms with Crippen LogP contribution in [0.3, 0.4) is 0 Å². The first kappa shape index (κ1) is 12.6. The first-order valence-corrected chi connectivity index (χ1v) is 6.56. The molecule has 0 aromatic carbocycles. The van der Waals surface area contributed by atoms with E-state index >= 15 is 0 Å². The SMILES string of the molecule is CCCNCCc1nnc(CC(C)C)s1. The molecule has 0 amide bonds. The third-order valence-corrected chi connectivity index (χ3v) is 3.04. The van der Waals surface area contributed by atoms with Gasteiger partial charge < -0.3 is 5.32 Å². The molecule has 86 valence electrons. The lowest BCUT2D eigenvalue weighted by Gasteiger charge is -1.99. The van der Waals surface area contributed by atoms with Crippen LogP contribution >= 0.6 is 11.3 Å². The van der Waals surface area contributed by atoms with Crippen molar-refractivity contribution in [2.45, 2.75) is 40.0 Å². The van der Waals surface area contributed by atoms with Crippen LogP contribution in [-0.2, 0) is 12.8 Å². The molecule has 0 aliphatic rings. The molecule has 0 aliphatic carbocycles. The number of rotatable bonds is 7. The molecule has 0 bridgehead atoms. The van der Waals surface area contributed by atoms with Gasteiger partial charge in [0, 0.05) is 19.4 Å². The van der Waals surface area contributed by atoms with Crippen molar-refractivity contribution < 1.29 is 0 Å². The average molecular weight is 227 g/mol. The van der Waals surface area contributed by atoms with Crippen LogP contribution in [0.5, 0.6) is 0 Å². The molecule has 0 spiro atoms. The van der Waals surface area contributed by atoms with Crippen molar-refractivity contribution in [2.24, 2.45) is 5.92 Å². The van der Waals surface area contributed by atoms with Crippen molar-refractivity contribution in [1.82, 2.24) is 15.5 Å². The summed E-state index contributed by atoms with van der Waals surface area (Å²) in [6, 6.07) is 0. The Morgan fingerprint density at radius 2 is 1.93 bits per heavy atom. The molecule has 0 unspecified atom stereocenters. The summed E-state index contributed by atoms with van der Waals surface area (Å²) in [4.78, 5) is 0. The lowest BCUT2D eigenvalue weighted by atomic mass is 10.1. The minimum Gasteiger partial charge on any atom is -0.316 e. The molecule has 0 radical (unpaired) electrons. The van der Waals surface area contributed by atoms with Gasteiger partial charge in [0.05, 0.1) is 0 Å². The van der Waals surface area contributed by atoms with Crippen molar-refractivity contribution >= 4 is 11.3 Å².